The van der Waals surface area contributed by atoms with Crippen LogP contribution in [0.15, 0.2) is 23.7 Å². The standard InChI is InChI=1S/C13H12N4S/c1-17(11-4-5-11)13-16-12(8-18-13)9-2-3-10(6-14)15-7-9/h2-3,7-8,11H,4-5H2,1H3. The summed E-state index contributed by atoms with van der Waals surface area (Å²) in [5.74, 6) is 0. The van der Waals surface area contributed by atoms with Crippen LogP contribution in [0.25, 0.3) is 11.3 Å². The fourth-order valence-corrected chi connectivity index (χ4v) is 2.66. The number of thiazole rings is 1. The quantitative estimate of drug-likeness (QED) is 0.847. The molecule has 0 aromatic carbocycles. The second-order valence-electron chi connectivity index (χ2n) is 4.40. The van der Waals surface area contributed by atoms with Gasteiger partial charge in [-0.25, -0.2) is 9.97 Å². The molecule has 3 rings (SSSR count). The Kier molecular flexibility index (Phi) is 2.73. The Bertz CT molecular complexity index is 592. The van der Waals surface area contributed by atoms with Gasteiger partial charge in [-0.1, -0.05) is 0 Å². The van der Waals surface area contributed by atoms with Crippen molar-refractivity contribution in [3.05, 3.63) is 29.4 Å². The summed E-state index contributed by atoms with van der Waals surface area (Å²) in [7, 11) is 2.09. The third-order valence-corrected chi connectivity index (χ3v) is 3.99. The van der Waals surface area contributed by atoms with Crippen molar-refractivity contribution >= 4 is 16.5 Å². The molecule has 1 aliphatic carbocycles. The number of hydrogen-bond acceptors (Lipinski definition) is 5. The number of rotatable bonds is 3. The van der Waals surface area contributed by atoms with Gasteiger partial charge in [-0.2, -0.15) is 5.26 Å². The van der Waals surface area contributed by atoms with Crippen molar-refractivity contribution in [2.45, 2.75) is 18.9 Å². The minimum Gasteiger partial charge on any atom is -0.348 e. The van der Waals surface area contributed by atoms with E-state index in [1.807, 2.05) is 17.5 Å². The third-order valence-electron chi connectivity index (χ3n) is 3.06. The first-order chi connectivity index (χ1) is 8.78. The predicted molar refractivity (Wildman–Crippen MR) is 71.5 cm³/mol. The van der Waals surface area contributed by atoms with E-state index >= 15 is 0 Å². The molecule has 5 heteroatoms. The monoisotopic (exact) mass is 256 g/mol. The number of aromatic nitrogens is 2. The smallest absolute Gasteiger partial charge is 0.185 e. The van der Waals surface area contributed by atoms with Gasteiger partial charge < -0.3 is 4.90 Å². The molecule has 0 atom stereocenters. The molecule has 18 heavy (non-hydrogen) atoms. The normalized spacial score (nSPS) is 14.2. The van der Waals surface area contributed by atoms with Crippen molar-refractivity contribution in [1.29, 1.82) is 5.26 Å². The van der Waals surface area contributed by atoms with Gasteiger partial charge in [0, 0.05) is 30.2 Å². The number of nitrogens with zero attached hydrogens (tertiary/aromatic N) is 4. The van der Waals surface area contributed by atoms with Crippen LogP contribution in [0.4, 0.5) is 5.13 Å². The summed E-state index contributed by atoms with van der Waals surface area (Å²) in [5, 5.41) is 11.8. The molecule has 0 amide bonds. The van der Waals surface area contributed by atoms with Gasteiger partial charge >= 0.3 is 0 Å². The number of nitriles is 1. The Hall–Kier alpha value is -1.93. The van der Waals surface area contributed by atoms with Crippen molar-refractivity contribution in [3.8, 4) is 17.3 Å². The second-order valence-corrected chi connectivity index (χ2v) is 5.24. The molecule has 1 fully saturated rings. The Morgan fingerprint density at radius 2 is 2.28 bits per heavy atom. The molecule has 2 heterocycles. The largest absolute Gasteiger partial charge is 0.348 e. The molecular weight excluding hydrogens is 244 g/mol. The van der Waals surface area contributed by atoms with E-state index in [0.29, 0.717) is 11.7 Å². The SMILES string of the molecule is CN(c1nc(-c2ccc(C#N)nc2)cs1)C1CC1. The first kappa shape index (κ1) is 11.2. The molecule has 0 N–H and O–H groups in total. The molecule has 2 aromatic heterocycles. The van der Waals surface area contributed by atoms with Crippen molar-refractivity contribution in [1.82, 2.24) is 9.97 Å². The molecule has 0 unspecified atom stereocenters. The fraction of sp³-hybridized carbons (Fsp3) is 0.308. The zero-order valence-corrected chi connectivity index (χ0v) is 10.8. The van der Waals surface area contributed by atoms with Crippen molar-refractivity contribution in [2.75, 3.05) is 11.9 Å². The van der Waals surface area contributed by atoms with Gasteiger partial charge in [-0.15, -0.1) is 11.3 Å². The fourth-order valence-electron chi connectivity index (χ4n) is 1.79. The summed E-state index contributed by atoms with van der Waals surface area (Å²) in [6, 6.07) is 6.30. The lowest BCUT2D eigenvalue weighted by Gasteiger charge is -2.13. The maximum Gasteiger partial charge on any atom is 0.185 e. The zero-order chi connectivity index (χ0) is 12.5. The van der Waals surface area contributed by atoms with E-state index in [0.717, 1.165) is 16.4 Å². The Morgan fingerprint density at radius 3 is 2.89 bits per heavy atom. The summed E-state index contributed by atoms with van der Waals surface area (Å²) in [4.78, 5) is 10.9. The average molecular weight is 256 g/mol. The summed E-state index contributed by atoms with van der Waals surface area (Å²) in [6.45, 7) is 0. The van der Waals surface area contributed by atoms with Crippen LogP contribution in [-0.4, -0.2) is 23.1 Å². The highest BCUT2D eigenvalue weighted by molar-refractivity contribution is 7.14. The van der Waals surface area contributed by atoms with E-state index in [1.165, 1.54) is 12.8 Å². The van der Waals surface area contributed by atoms with E-state index in [-0.39, 0.29) is 0 Å². The summed E-state index contributed by atoms with van der Waals surface area (Å²) in [6.07, 6.45) is 4.24. The van der Waals surface area contributed by atoms with E-state index in [9.17, 15) is 0 Å². The molecule has 0 saturated heterocycles. The lowest BCUT2D eigenvalue weighted by atomic mass is 10.2. The lowest BCUT2D eigenvalue weighted by Crippen LogP contribution is -2.18. The molecule has 4 nitrogen and oxygen atoms in total. The minimum atomic E-state index is 0.435. The molecule has 1 saturated carbocycles. The molecule has 0 spiro atoms. The minimum absolute atomic E-state index is 0.435. The average Bonchev–Trinajstić information content (AvgIpc) is 3.15. The van der Waals surface area contributed by atoms with Gasteiger partial charge in [0.05, 0.1) is 5.69 Å². The Morgan fingerprint density at radius 1 is 1.44 bits per heavy atom. The summed E-state index contributed by atoms with van der Waals surface area (Å²) >= 11 is 1.65. The van der Waals surface area contributed by atoms with Crippen LogP contribution in [0.5, 0.6) is 0 Å². The Balaban J connectivity index is 1.85. The van der Waals surface area contributed by atoms with Crippen molar-refractivity contribution in [2.24, 2.45) is 0 Å². The van der Waals surface area contributed by atoms with Crippen LogP contribution in [0, 0.1) is 11.3 Å². The van der Waals surface area contributed by atoms with Crippen molar-refractivity contribution in [3.63, 3.8) is 0 Å². The highest BCUT2D eigenvalue weighted by Crippen LogP contribution is 2.33. The zero-order valence-electron chi connectivity index (χ0n) is 10.00. The Labute approximate surface area is 110 Å². The summed E-state index contributed by atoms with van der Waals surface area (Å²) in [5.41, 5.74) is 2.32. The topological polar surface area (TPSA) is 52.8 Å². The van der Waals surface area contributed by atoms with Gasteiger partial charge in [0.2, 0.25) is 0 Å². The van der Waals surface area contributed by atoms with E-state index in [4.69, 9.17) is 5.26 Å². The maximum absolute atomic E-state index is 8.71. The van der Waals surface area contributed by atoms with Gasteiger partial charge in [0.25, 0.3) is 0 Å². The van der Waals surface area contributed by atoms with Crippen molar-refractivity contribution < 1.29 is 0 Å². The van der Waals surface area contributed by atoms with E-state index in [2.05, 4.69) is 21.9 Å². The third kappa shape index (κ3) is 2.07. The highest BCUT2D eigenvalue weighted by atomic mass is 32.1. The van der Waals surface area contributed by atoms with Gasteiger partial charge in [0.1, 0.15) is 11.8 Å². The van der Waals surface area contributed by atoms with Gasteiger partial charge in [-0.3, -0.25) is 0 Å². The number of pyridine rings is 1. The second kappa shape index (κ2) is 4.39. The molecule has 90 valence electrons. The van der Waals surface area contributed by atoms with Gasteiger partial charge in [0.15, 0.2) is 5.13 Å². The molecule has 0 aliphatic heterocycles. The van der Waals surface area contributed by atoms with E-state index in [1.54, 1.807) is 23.6 Å². The highest BCUT2D eigenvalue weighted by Gasteiger charge is 2.28. The summed E-state index contributed by atoms with van der Waals surface area (Å²) < 4.78 is 0. The first-order valence-electron chi connectivity index (χ1n) is 5.83. The van der Waals surface area contributed by atoms with Crippen LogP contribution in [-0.2, 0) is 0 Å². The predicted octanol–water partition coefficient (Wildman–Crippen LogP) is 2.68. The molecular formula is C13H12N4S. The van der Waals surface area contributed by atoms with Crippen LogP contribution in [0.3, 0.4) is 0 Å². The molecule has 1 aliphatic rings. The van der Waals surface area contributed by atoms with Crippen LogP contribution in [0.1, 0.15) is 18.5 Å². The number of anilines is 1. The van der Waals surface area contributed by atoms with Crippen LogP contribution < -0.4 is 4.90 Å². The molecule has 0 bridgehead atoms. The maximum atomic E-state index is 8.71. The van der Waals surface area contributed by atoms with E-state index < -0.39 is 0 Å². The molecule has 0 radical (unpaired) electrons. The van der Waals surface area contributed by atoms with Gasteiger partial charge in [-0.05, 0) is 25.0 Å². The number of hydrogen-bond donors (Lipinski definition) is 0. The first-order valence-corrected chi connectivity index (χ1v) is 6.71. The van der Waals surface area contributed by atoms with Crippen LogP contribution in [0.2, 0.25) is 0 Å². The molecule has 2 aromatic rings. The van der Waals surface area contributed by atoms with Crippen LogP contribution >= 0.6 is 11.3 Å². The lowest BCUT2D eigenvalue weighted by molar-refractivity contribution is 0.909.